The van der Waals surface area contributed by atoms with Gasteiger partial charge in [-0.05, 0) is 67.1 Å². The van der Waals surface area contributed by atoms with Crippen LogP contribution in [0, 0.1) is 11.7 Å². The van der Waals surface area contributed by atoms with Crippen molar-refractivity contribution in [3.05, 3.63) is 110 Å². The highest BCUT2D eigenvalue weighted by atomic mass is 32.2. The number of benzene rings is 3. The molecule has 47 heavy (non-hydrogen) atoms. The first kappa shape index (κ1) is 32.2. The maximum atomic E-state index is 14.0. The van der Waals surface area contributed by atoms with Crippen molar-refractivity contribution in [2.24, 2.45) is 5.92 Å². The molecule has 1 fully saturated rings. The summed E-state index contributed by atoms with van der Waals surface area (Å²) in [5.74, 6) is -4.91. The number of nitrogens with zero attached hydrogens (tertiary/aromatic N) is 2. The molecule has 15 heteroatoms. The van der Waals surface area contributed by atoms with Crippen LogP contribution in [-0.4, -0.2) is 40.1 Å². The van der Waals surface area contributed by atoms with Gasteiger partial charge in [-0.25, -0.2) is 14.1 Å². The van der Waals surface area contributed by atoms with Gasteiger partial charge in [-0.15, -0.1) is 0 Å². The van der Waals surface area contributed by atoms with E-state index in [1.54, 1.807) is 6.92 Å². The van der Waals surface area contributed by atoms with Gasteiger partial charge in [-0.2, -0.15) is 13.2 Å². The number of carbonyl (C=O) groups excluding carboxylic acids is 4. The van der Waals surface area contributed by atoms with E-state index in [2.05, 4.69) is 5.32 Å². The van der Waals surface area contributed by atoms with Gasteiger partial charge in [0.05, 0.1) is 34.4 Å². The molecule has 2 aliphatic heterocycles. The first-order valence-corrected chi connectivity index (χ1v) is 15.8. The molecule has 1 aromatic heterocycles. The van der Waals surface area contributed by atoms with Gasteiger partial charge in [0, 0.05) is 16.5 Å². The third-order valence-corrected chi connectivity index (χ3v) is 10.3. The molecule has 4 aromatic rings. The zero-order valence-corrected chi connectivity index (χ0v) is 25.9. The van der Waals surface area contributed by atoms with Crippen LogP contribution in [0.4, 0.5) is 28.9 Å². The second-order valence-electron chi connectivity index (χ2n) is 10.6. The number of rotatable bonds is 7. The van der Waals surface area contributed by atoms with Crippen LogP contribution in [-0.2, 0) is 31.8 Å². The Labute approximate surface area is 272 Å². The summed E-state index contributed by atoms with van der Waals surface area (Å²) >= 11 is 1.71. The summed E-state index contributed by atoms with van der Waals surface area (Å²) in [4.78, 5) is 67.1. The van der Waals surface area contributed by atoms with Gasteiger partial charge in [0.15, 0.2) is 0 Å². The van der Waals surface area contributed by atoms with Gasteiger partial charge < -0.3 is 10.1 Å². The van der Waals surface area contributed by atoms with E-state index in [0.717, 1.165) is 50.8 Å². The first-order chi connectivity index (χ1) is 22.4. The van der Waals surface area contributed by atoms with Crippen LogP contribution in [0.5, 0.6) is 0 Å². The molecule has 1 N–H and O–H groups in total. The minimum absolute atomic E-state index is 0.125. The molecule has 3 heterocycles. The summed E-state index contributed by atoms with van der Waals surface area (Å²) < 4.78 is 59.6. The molecule has 0 radical (unpaired) electrons. The summed E-state index contributed by atoms with van der Waals surface area (Å²) in [7, 11) is 0. The Hall–Kier alpha value is -4.76. The number of imide groups is 1. The molecule has 0 saturated carbocycles. The highest BCUT2D eigenvalue weighted by molar-refractivity contribution is 8.00. The molecule has 3 atom stereocenters. The monoisotopic (exact) mass is 685 g/mol. The lowest BCUT2D eigenvalue weighted by Crippen LogP contribution is -2.33. The van der Waals surface area contributed by atoms with E-state index in [1.807, 2.05) is 0 Å². The fourth-order valence-corrected chi connectivity index (χ4v) is 8.39. The molecule has 1 saturated heterocycles. The fraction of sp³-hybridized carbons (Fsp3) is 0.219. The maximum absolute atomic E-state index is 14.0. The van der Waals surface area contributed by atoms with Gasteiger partial charge in [-0.1, -0.05) is 41.3 Å². The molecule has 6 rings (SSSR count). The number of ether oxygens (including phenoxy) is 1. The number of amides is 3. The van der Waals surface area contributed by atoms with E-state index in [4.69, 9.17) is 4.74 Å². The van der Waals surface area contributed by atoms with Crippen LogP contribution >= 0.6 is 23.1 Å². The van der Waals surface area contributed by atoms with Crippen molar-refractivity contribution in [1.82, 2.24) is 4.57 Å². The number of anilines is 2. The molecule has 0 bridgehead atoms. The van der Waals surface area contributed by atoms with Crippen molar-refractivity contribution in [1.29, 1.82) is 0 Å². The molecular weight excluding hydrogens is 662 g/mol. The number of hydrogen-bond acceptors (Lipinski definition) is 8. The number of alkyl halides is 3. The molecule has 3 aromatic carbocycles. The number of fused-ring (bicyclic) bond motifs is 2. The highest BCUT2D eigenvalue weighted by Crippen LogP contribution is 2.54. The smallest absolute Gasteiger partial charge is 0.416 e. The van der Waals surface area contributed by atoms with Crippen LogP contribution < -0.4 is 15.1 Å². The predicted molar refractivity (Wildman–Crippen MR) is 165 cm³/mol. The van der Waals surface area contributed by atoms with E-state index in [-0.39, 0.29) is 28.6 Å². The summed E-state index contributed by atoms with van der Waals surface area (Å²) in [5.41, 5.74) is -0.193. The number of aromatic nitrogens is 1. The second-order valence-corrected chi connectivity index (χ2v) is 12.7. The van der Waals surface area contributed by atoms with Crippen LogP contribution in [0.25, 0.3) is 0 Å². The quantitative estimate of drug-likeness (QED) is 0.151. The summed E-state index contributed by atoms with van der Waals surface area (Å²) in [6.45, 7) is 1.24. The predicted octanol–water partition coefficient (Wildman–Crippen LogP) is 5.68. The lowest BCUT2D eigenvalue weighted by Gasteiger charge is -2.30. The average molecular weight is 686 g/mol. The minimum Gasteiger partial charge on any atom is -0.462 e. The van der Waals surface area contributed by atoms with Crippen LogP contribution in [0.15, 0.2) is 82.6 Å². The molecule has 0 spiro atoms. The van der Waals surface area contributed by atoms with Crippen molar-refractivity contribution in [2.45, 2.75) is 35.8 Å². The summed E-state index contributed by atoms with van der Waals surface area (Å²) in [6.07, 6.45) is -4.63. The van der Waals surface area contributed by atoms with E-state index in [0.29, 0.717) is 10.4 Å². The Morgan fingerprint density at radius 3 is 2.32 bits per heavy atom. The average Bonchev–Trinajstić information content (AvgIpc) is 3.47. The fourth-order valence-electron chi connectivity index (χ4n) is 5.62. The van der Waals surface area contributed by atoms with Crippen LogP contribution in [0.1, 0.15) is 39.2 Å². The number of esters is 1. The largest absolute Gasteiger partial charge is 0.462 e. The van der Waals surface area contributed by atoms with Gasteiger partial charge in [-0.3, -0.25) is 23.7 Å². The number of thiazole rings is 1. The van der Waals surface area contributed by atoms with Crippen molar-refractivity contribution in [2.75, 3.05) is 16.8 Å². The normalized spacial score (nSPS) is 18.9. The molecule has 3 amide bonds. The third-order valence-electron chi connectivity index (χ3n) is 7.69. The highest BCUT2D eigenvalue weighted by Gasteiger charge is 2.56. The molecule has 3 unspecified atom stereocenters. The zero-order valence-electron chi connectivity index (χ0n) is 24.2. The number of carbonyl (C=O) groups is 4. The van der Waals surface area contributed by atoms with Crippen LogP contribution in [0.2, 0.25) is 0 Å². The first-order valence-electron chi connectivity index (χ1n) is 14.1. The number of nitrogens with one attached hydrogen (secondary N) is 1. The summed E-state index contributed by atoms with van der Waals surface area (Å²) in [5, 5.41) is 1.59. The van der Waals surface area contributed by atoms with E-state index < -0.39 is 69.8 Å². The van der Waals surface area contributed by atoms with Gasteiger partial charge in [0.2, 0.25) is 17.7 Å². The maximum Gasteiger partial charge on any atom is 0.416 e. The second kappa shape index (κ2) is 12.4. The number of hydrogen-bond donors (Lipinski definition) is 1. The molecule has 0 aliphatic carbocycles. The minimum atomic E-state index is -4.63. The SMILES string of the molecule is CCOC(=O)c1ccc(N2C(=O)C3Sc4c(sc(=O)n4CC(=O)Nc4cccc(C(F)(F)F)c4)C(c4ccc(F)cc4)C3C2=O)cc1. The molecule has 242 valence electrons. The van der Waals surface area contributed by atoms with Crippen molar-refractivity contribution >= 4 is 58.2 Å². The van der Waals surface area contributed by atoms with Gasteiger partial charge in [0.25, 0.3) is 0 Å². The van der Waals surface area contributed by atoms with E-state index in [9.17, 15) is 41.5 Å². The number of halogens is 4. The standard InChI is InChI=1S/C32H23F4N3O6S2/c1-2-45-30(43)17-8-12-21(13-9-17)39-27(41)24-23(16-6-10-19(33)11-7-16)26-29(46-25(24)28(39)42)38(31(44)47-26)15-22(40)37-20-5-3-4-18(14-20)32(34,35)36/h3-14,23-25H,2,15H2,1H3,(H,37,40). The lowest BCUT2D eigenvalue weighted by molar-refractivity contribution is -0.137. The van der Waals surface area contributed by atoms with Crippen molar-refractivity contribution in [3.8, 4) is 0 Å². The Morgan fingerprint density at radius 1 is 0.957 bits per heavy atom. The summed E-state index contributed by atoms with van der Waals surface area (Å²) in [6, 6.07) is 15.1. The van der Waals surface area contributed by atoms with Crippen molar-refractivity contribution in [3.63, 3.8) is 0 Å². The molecule has 9 nitrogen and oxygen atoms in total. The number of thioether (sulfide) groups is 1. The zero-order chi connectivity index (χ0) is 33.6. The Kier molecular flexibility index (Phi) is 8.53. The lowest BCUT2D eigenvalue weighted by atomic mass is 9.83. The Balaban J connectivity index is 1.35. The van der Waals surface area contributed by atoms with E-state index in [1.165, 1.54) is 54.6 Å². The van der Waals surface area contributed by atoms with E-state index >= 15 is 0 Å². The molecule has 2 aliphatic rings. The van der Waals surface area contributed by atoms with Crippen LogP contribution in [0.3, 0.4) is 0 Å². The Bertz CT molecular complexity index is 1960. The third kappa shape index (κ3) is 6.07. The van der Waals surface area contributed by atoms with Crippen molar-refractivity contribution < 1.29 is 41.5 Å². The topological polar surface area (TPSA) is 115 Å². The molecular formula is C32H23F4N3O6S2. The van der Waals surface area contributed by atoms with Gasteiger partial charge >= 0.3 is 17.0 Å². The van der Waals surface area contributed by atoms with Gasteiger partial charge in [0.1, 0.15) is 17.6 Å². The Morgan fingerprint density at radius 2 is 1.66 bits per heavy atom.